The third-order valence-corrected chi connectivity index (χ3v) is 9.79. The number of hydrogen-bond donors (Lipinski definition) is 0. The van der Waals surface area contributed by atoms with Gasteiger partial charge in [0.25, 0.3) is 0 Å². The quantitative estimate of drug-likeness (QED) is 0.451. The molecule has 102 valence electrons. The second kappa shape index (κ2) is 4.07. The molecule has 3 rings (SSSR count). The number of alkyl halides is 6. The van der Waals surface area contributed by atoms with Crippen LogP contribution in [0.1, 0.15) is 6.42 Å². The molecule has 0 amide bonds. The first-order valence-corrected chi connectivity index (χ1v) is 8.35. The zero-order chi connectivity index (χ0) is 13.7. The van der Waals surface area contributed by atoms with Crippen molar-refractivity contribution in [3.8, 4) is 0 Å². The summed E-state index contributed by atoms with van der Waals surface area (Å²) in [5, 5.41) is -0.259. The van der Waals surface area contributed by atoms with E-state index in [4.69, 9.17) is 92.8 Å². The molecule has 2 bridgehead atoms. The molecule has 0 aromatic heterocycles. The van der Waals surface area contributed by atoms with E-state index in [1.165, 1.54) is 0 Å². The van der Waals surface area contributed by atoms with Crippen molar-refractivity contribution >= 4 is 92.8 Å². The molecular formula is C10H6Cl8. The van der Waals surface area contributed by atoms with Gasteiger partial charge < -0.3 is 0 Å². The van der Waals surface area contributed by atoms with E-state index in [9.17, 15) is 0 Å². The fraction of sp³-hybridized carbons (Fsp3) is 0.800. The van der Waals surface area contributed by atoms with Crippen molar-refractivity contribution in [2.75, 3.05) is 0 Å². The molecule has 0 radical (unpaired) electrons. The van der Waals surface area contributed by atoms with Crippen LogP contribution in [0.5, 0.6) is 0 Å². The summed E-state index contributed by atoms with van der Waals surface area (Å²) in [6.45, 7) is 0. The minimum Gasteiger partial charge on any atom is -0.121 e. The molecule has 0 aromatic carbocycles. The number of halogens is 8. The Kier molecular flexibility index (Phi) is 3.39. The SMILES string of the molecule is ClC1=C(Cl)[C@]2(Cl)C3[C@@H](Cl)[C@@H](Cl)C[C@@H]3[C@@]1(Cl)C2(Cl)Cl. The van der Waals surface area contributed by atoms with Crippen LogP contribution < -0.4 is 0 Å². The molecule has 2 fully saturated rings. The molecule has 0 aromatic rings. The lowest BCUT2D eigenvalue weighted by Gasteiger charge is -2.35. The van der Waals surface area contributed by atoms with Crippen LogP contribution >= 0.6 is 92.8 Å². The van der Waals surface area contributed by atoms with Crippen LogP contribution in [-0.4, -0.2) is 24.8 Å². The van der Waals surface area contributed by atoms with Gasteiger partial charge in [0.15, 0.2) is 4.33 Å². The maximum Gasteiger partial charge on any atom is 0.166 e. The average Bonchev–Trinajstić information content (AvgIpc) is 2.69. The topological polar surface area (TPSA) is 0 Å². The monoisotopic (exact) mass is 406 g/mol. The molecule has 0 aliphatic heterocycles. The third-order valence-electron chi connectivity index (χ3n) is 4.32. The molecule has 2 saturated carbocycles. The van der Waals surface area contributed by atoms with Crippen molar-refractivity contribution in [1.29, 1.82) is 0 Å². The summed E-state index contributed by atoms with van der Waals surface area (Å²) in [5.41, 5.74) is 0. The van der Waals surface area contributed by atoms with E-state index in [1.807, 2.05) is 0 Å². The minimum atomic E-state index is -1.50. The lowest BCUT2D eigenvalue weighted by Crippen LogP contribution is -2.47. The lowest BCUT2D eigenvalue weighted by atomic mass is 9.84. The summed E-state index contributed by atoms with van der Waals surface area (Å²) in [4.78, 5) is -2.50. The molecule has 0 nitrogen and oxygen atoms in total. The minimum absolute atomic E-state index is 0.184. The summed E-state index contributed by atoms with van der Waals surface area (Å²) in [7, 11) is 0. The Morgan fingerprint density at radius 2 is 1.39 bits per heavy atom. The molecule has 0 saturated heterocycles. The number of allylic oxidation sites excluding steroid dienone is 2. The predicted molar refractivity (Wildman–Crippen MR) is 81.2 cm³/mol. The molecule has 1 unspecified atom stereocenters. The maximum atomic E-state index is 6.62. The van der Waals surface area contributed by atoms with Crippen molar-refractivity contribution in [3.05, 3.63) is 10.1 Å². The first-order chi connectivity index (χ1) is 8.11. The van der Waals surface area contributed by atoms with E-state index in [0.29, 0.717) is 6.42 Å². The van der Waals surface area contributed by atoms with Gasteiger partial charge in [0, 0.05) is 5.92 Å². The maximum absolute atomic E-state index is 6.62. The molecule has 0 N–H and O–H groups in total. The van der Waals surface area contributed by atoms with Gasteiger partial charge in [-0.1, -0.05) is 46.4 Å². The molecule has 3 aliphatic rings. The Morgan fingerprint density at radius 3 is 1.94 bits per heavy atom. The molecule has 8 heteroatoms. The molecular weight excluding hydrogens is 404 g/mol. The summed E-state index contributed by atoms with van der Waals surface area (Å²) >= 11 is 51.0. The smallest absolute Gasteiger partial charge is 0.121 e. The largest absolute Gasteiger partial charge is 0.166 e. The first kappa shape index (κ1) is 15.0. The highest BCUT2D eigenvalue weighted by atomic mass is 35.5. The third kappa shape index (κ3) is 1.28. The van der Waals surface area contributed by atoms with Crippen LogP contribution in [-0.2, 0) is 0 Å². The Hall–Kier alpha value is 2.06. The standard InChI is InChI=1S/C10H6Cl8/c11-3-1-2-4(5(3)12)9(16)7(14)6(13)8(2,15)10(9,17)18/h2-5H,1H2/t2-,3-,4?,5-,8-,9+/m0/s1. The fourth-order valence-electron chi connectivity index (χ4n) is 3.48. The Labute approximate surface area is 145 Å². The normalized spacial score (nSPS) is 57.3. The number of fused-ring (bicyclic) bond motifs is 5. The van der Waals surface area contributed by atoms with Gasteiger partial charge >= 0.3 is 0 Å². The van der Waals surface area contributed by atoms with Crippen LogP contribution in [0.4, 0.5) is 0 Å². The highest BCUT2D eigenvalue weighted by Crippen LogP contribution is 2.79. The second-order valence-corrected chi connectivity index (χ2v) is 9.29. The van der Waals surface area contributed by atoms with Crippen molar-refractivity contribution in [1.82, 2.24) is 0 Å². The summed E-state index contributed by atoms with van der Waals surface area (Å²) in [6.07, 6.45) is 0.555. The van der Waals surface area contributed by atoms with E-state index in [-0.39, 0.29) is 27.3 Å². The Balaban J connectivity index is 2.26. The molecule has 6 atom stereocenters. The fourth-order valence-corrected chi connectivity index (χ4v) is 7.46. The van der Waals surface area contributed by atoms with Crippen LogP contribution in [0, 0.1) is 11.8 Å². The Bertz CT molecular complexity index is 459. The van der Waals surface area contributed by atoms with Gasteiger partial charge in [0.2, 0.25) is 0 Å². The molecule has 3 aliphatic carbocycles. The van der Waals surface area contributed by atoms with Gasteiger partial charge in [-0.05, 0) is 12.3 Å². The summed E-state index contributed by atoms with van der Waals surface area (Å²) in [5.74, 6) is -0.488. The van der Waals surface area contributed by atoms with Crippen molar-refractivity contribution in [3.63, 3.8) is 0 Å². The van der Waals surface area contributed by atoms with E-state index in [2.05, 4.69) is 0 Å². The van der Waals surface area contributed by atoms with Crippen LogP contribution in [0.15, 0.2) is 10.1 Å². The highest BCUT2D eigenvalue weighted by molar-refractivity contribution is 6.66. The van der Waals surface area contributed by atoms with Crippen molar-refractivity contribution in [2.45, 2.75) is 31.3 Å². The van der Waals surface area contributed by atoms with Crippen LogP contribution in [0.25, 0.3) is 0 Å². The van der Waals surface area contributed by atoms with Gasteiger partial charge in [-0.15, -0.1) is 46.4 Å². The summed E-state index contributed by atoms with van der Waals surface area (Å²) in [6, 6.07) is 0. The summed E-state index contributed by atoms with van der Waals surface area (Å²) < 4.78 is -1.50. The van der Waals surface area contributed by atoms with Crippen molar-refractivity contribution in [2.24, 2.45) is 11.8 Å². The van der Waals surface area contributed by atoms with Gasteiger partial charge in [0.05, 0.1) is 20.8 Å². The van der Waals surface area contributed by atoms with E-state index in [0.717, 1.165) is 0 Å². The number of hydrogen-bond acceptors (Lipinski definition) is 0. The first-order valence-electron chi connectivity index (χ1n) is 5.21. The molecule has 18 heavy (non-hydrogen) atoms. The predicted octanol–water partition coefficient (Wildman–Crippen LogP) is 5.68. The average molecular weight is 410 g/mol. The Morgan fingerprint density at radius 1 is 0.889 bits per heavy atom. The molecule has 0 spiro atoms. The van der Waals surface area contributed by atoms with Crippen molar-refractivity contribution < 1.29 is 0 Å². The van der Waals surface area contributed by atoms with Gasteiger partial charge in [-0.3, -0.25) is 0 Å². The van der Waals surface area contributed by atoms with E-state index < -0.39 is 19.5 Å². The van der Waals surface area contributed by atoms with Gasteiger partial charge in [-0.25, -0.2) is 0 Å². The lowest BCUT2D eigenvalue weighted by molar-refractivity contribution is 0.385. The highest BCUT2D eigenvalue weighted by Gasteiger charge is 2.84. The van der Waals surface area contributed by atoms with E-state index in [1.54, 1.807) is 0 Å². The van der Waals surface area contributed by atoms with Gasteiger partial charge in [-0.2, -0.15) is 0 Å². The van der Waals surface area contributed by atoms with Crippen LogP contribution in [0.2, 0.25) is 0 Å². The second-order valence-electron chi connectivity index (χ2n) is 4.95. The van der Waals surface area contributed by atoms with Gasteiger partial charge in [0.1, 0.15) is 9.75 Å². The molecule has 0 heterocycles. The number of rotatable bonds is 0. The van der Waals surface area contributed by atoms with Crippen LogP contribution in [0.3, 0.4) is 0 Å². The zero-order valence-corrected chi connectivity index (χ0v) is 14.6. The zero-order valence-electron chi connectivity index (χ0n) is 8.54. The van der Waals surface area contributed by atoms with E-state index >= 15 is 0 Å².